The molecule has 1 fully saturated rings. The molecule has 0 amide bonds. The van der Waals surface area contributed by atoms with Crippen molar-refractivity contribution < 1.29 is 0 Å². The first kappa shape index (κ1) is 16.6. The molecular weight excluding hydrogens is 302 g/mol. The maximum Gasteiger partial charge on any atom is 0.0256 e. The van der Waals surface area contributed by atoms with Crippen LogP contribution in [0.25, 0.3) is 21.5 Å². The van der Waals surface area contributed by atoms with Crippen LogP contribution in [0, 0.1) is 0 Å². The number of likely N-dealkylation sites (tertiary alicyclic amines) is 1. The Bertz CT molecular complexity index is 850. The summed E-state index contributed by atoms with van der Waals surface area (Å²) in [5.41, 5.74) is 1.95. The van der Waals surface area contributed by atoms with Gasteiger partial charge in [0.2, 0.25) is 0 Å². The summed E-state index contributed by atoms with van der Waals surface area (Å²) in [5.74, 6) is 0. The summed E-state index contributed by atoms with van der Waals surface area (Å²) in [6.07, 6.45) is 3.88. The van der Waals surface area contributed by atoms with Gasteiger partial charge in [-0.3, -0.25) is 4.90 Å². The number of fused-ring (bicyclic) bond motifs is 2. The van der Waals surface area contributed by atoms with Crippen LogP contribution in [0.2, 0.25) is 0 Å². The summed E-state index contributed by atoms with van der Waals surface area (Å²) in [4.78, 5) is 2.75. The molecule has 3 aromatic rings. The third-order valence-electron chi connectivity index (χ3n) is 6.24. The lowest BCUT2D eigenvalue weighted by Crippen LogP contribution is -2.57. The average Bonchev–Trinajstić information content (AvgIpc) is 2.56. The van der Waals surface area contributed by atoms with Crippen molar-refractivity contribution in [2.75, 3.05) is 0 Å². The lowest BCUT2D eigenvalue weighted by Gasteiger charge is -2.53. The molecule has 0 N–H and O–H groups in total. The topological polar surface area (TPSA) is 3.24 Å². The van der Waals surface area contributed by atoms with Crippen molar-refractivity contribution in [1.82, 2.24) is 4.90 Å². The fourth-order valence-electron chi connectivity index (χ4n) is 4.91. The van der Waals surface area contributed by atoms with E-state index in [-0.39, 0.29) is 11.1 Å². The van der Waals surface area contributed by atoms with E-state index in [4.69, 9.17) is 0 Å². The highest BCUT2D eigenvalue weighted by Gasteiger charge is 2.41. The van der Waals surface area contributed by atoms with Gasteiger partial charge in [-0.05, 0) is 80.1 Å². The molecule has 1 aliphatic heterocycles. The molecule has 0 radical (unpaired) electrons. The summed E-state index contributed by atoms with van der Waals surface area (Å²) in [7, 11) is 0. The minimum atomic E-state index is 0.236. The summed E-state index contributed by atoms with van der Waals surface area (Å²) in [6, 6.07) is 20.1. The van der Waals surface area contributed by atoms with E-state index in [0.717, 1.165) is 6.54 Å². The average molecular weight is 332 g/mol. The van der Waals surface area contributed by atoms with Crippen LogP contribution in [-0.2, 0) is 6.54 Å². The molecule has 4 rings (SSSR count). The van der Waals surface area contributed by atoms with E-state index in [9.17, 15) is 0 Å². The minimum Gasteiger partial charge on any atom is -0.289 e. The van der Waals surface area contributed by atoms with Gasteiger partial charge in [-0.25, -0.2) is 0 Å². The van der Waals surface area contributed by atoms with Crippen molar-refractivity contribution in [1.29, 1.82) is 0 Å². The third-order valence-corrected chi connectivity index (χ3v) is 6.24. The molecule has 0 bridgehead atoms. The van der Waals surface area contributed by atoms with Gasteiger partial charge in [-0.1, -0.05) is 48.5 Å². The molecule has 1 aliphatic rings. The summed E-state index contributed by atoms with van der Waals surface area (Å²) < 4.78 is 0. The first-order valence-corrected chi connectivity index (χ1v) is 9.56. The number of hydrogen-bond acceptors (Lipinski definition) is 1. The van der Waals surface area contributed by atoms with E-state index in [1.807, 2.05) is 0 Å². The van der Waals surface area contributed by atoms with Crippen LogP contribution in [-0.4, -0.2) is 16.0 Å². The van der Waals surface area contributed by atoms with Gasteiger partial charge in [-0.2, -0.15) is 0 Å². The van der Waals surface area contributed by atoms with Crippen LogP contribution >= 0.6 is 0 Å². The standard InChI is InChI=1S/C24H29N/c1-23(2)14-9-15-24(3,4)25(23)17-22-20-12-7-5-10-18(20)16-19-11-6-8-13-21(19)22/h5-8,10-13,16H,9,14-15,17H2,1-4H3. The second-order valence-corrected chi connectivity index (χ2v) is 8.86. The monoisotopic (exact) mass is 331 g/mol. The Morgan fingerprint density at radius 3 is 1.76 bits per heavy atom. The lowest BCUT2D eigenvalue weighted by atomic mass is 9.79. The highest BCUT2D eigenvalue weighted by molar-refractivity contribution is 6.02. The van der Waals surface area contributed by atoms with Crippen molar-refractivity contribution in [2.24, 2.45) is 0 Å². The first-order chi connectivity index (χ1) is 11.9. The Kier molecular flexibility index (Phi) is 3.88. The summed E-state index contributed by atoms with van der Waals surface area (Å²) in [5, 5.41) is 5.50. The Labute approximate surface area is 151 Å². The van der Waals surface area contributed by atoms with Gasteiger partial charge in [0.25, 0.3) is 0 Å². The molecule has 1 heterocycles. The number of benzene rings is 3. The SMILES string of the molecule is CC1(C)CCCC(C)(C)N1Cc1c2ccccc2cc2ccccc12. The molecule has 0 spiro atoms. The largest absolute Gasteiger partial charge is 0.289 e. The van der Waals surface area contributed by atoms with Crippen LogP contribution in [0.1, 0.15) is 52.5 Å². The minimum absolute atomic E-state index is 0.236. The highest BCUT2D eigenvalue weighted by Crippen LogP contribution is 2.41. The van der Waals surface area contributed by atoms with E-state index >= 15 is 0 Å². The zero-order chi connectivity index (χ0) is 17.7. The number of rotatable bonds is 2. The van der Waals surface area contributed by atoms with Crippen LogP contribution < -0.4 is 0 Å². The Morgan fingerprint density at radius 2 is 1.24 bits per heavy atom. The Morgan fingerprint density at radius 1 is 0.760 bits per heavy atom. The molecule has 0 unspecified atom stereocenters. The van der Waals surface area contributed by atoms with E-state index in [2.05, 4.69) is 87.2 Å². The zero-order valence-electron chi connectivity index (χ0n) is 16.0. The molecule has 1 nitrogen and oxygen atoms in total. The maximum absolute atomic E-state index is 2.75. The smallest absolute Gasteiger partial charge is 0.0256 e. The number of piperidine rings is 1. The zero-order valence-corrected chi connectivity index (χ0v) is 16.0. The van der Waals surface area contributed by atoms with Gasteiger partial charge in [0, 0.05) is 17.6 Å². The van der Waals surface area contributed by atoms with Crippen LogP contribution in [0.3, 0.4) is 0 Å². The molecule has 0 aliphatic carbocycles. The Balaban J connectivity index is 1.92. The van der Waals surface area contributed by atoms with Crippen molar-refractivity contribution in [3.8, 4) is 0 Å². The summed E-state index contributed by atoms with van der Waals surface area (Å²) >= 11 is 0. The van der Waals surface area contributed by atoms with Crippen LogP contribution in [0.4, 0.5) is 0 Å². The normalized spacial score (nSPS) is 20.2. The van der Waals surface area contributed by atoms with E-state index in [1.54, 1.807) is 0 Å². The molecule has 25 heavy (non-hydrogen) atoms. The molecule has 1 saturated heterocycles. The van der Waals surface area contributed by atoms with Crippen molar-refractivity contribution >= 4 is 21.5 Å². The van der Waals surface area contributed by atoms with Gasteiger partial charge in [0.15, 0.2) is 0 Å². The van der Waals surface area contributed by atoms with E-state index < -0.39 is 0 Å². The quantitative estimate of drug-likeness (QED) is 0.482. The fraction of sp³-hybridized carbons (Fsp3) is 0.417. The van der Waals surface area contributed by atoms with Crippen molar-refractivity contribution in [3.05, 3.63) is 60.2 Å². The van der Waals surface area contributed by atoms with Gasteiger partial charge in [0.05, 0.1) is 0 Å². The fourth-order valence-corrected chi connectivity index (χ4v) is 4.91. The van der Waals surface area contributed by atoms with E-state index in [0.29, 0.717) is 0 Å². The van der Waals surface area contributed by atoms with Crippen molar-refractivity contribution in [2.45, 2.75) is 64.6 Å². The van der Waals surface area contributed by atoms with Gasteiger partial charge >= 0.3 is 0 Å². The second kappa shape index (κ2) is 5.85. The molecule has 0 saturated carbocycles. The predicted molar refractivity (Wildman–Crippen MR) is 109 cm³/mol. The molecular formula is C24H29N. The van der Waals surface area contributed by atoms with E-state index in [1.165, 1.54) is 46.4 Å². The molecule has 3 aromatic carbocycles. The second-order valence-electron chi connectivity index (χ2n) is 8.86. The molecule has 0 atom stereocenters. The van der Waals surface area contributed by atoms with Crippen LogP contribution in [0.5, 0.6) is 0 Å². The number of nitrogens with zero attached hydrogens (tertiary/aromatic N) is 1. The van der Waals surface area contributed by atoms with Crippen LogP contribution in [0.15, 0.2) is 54.6 Å². The first-order valence-electron chi connectivity index (χ1n) is 9.56. The van der Waals surface area contributed by atoms with Crippen molar-refractivity contribution in [3.63, 3.8) is 0 Å². The highest BCUT2D eigenvalue weighted by atomic mass is 15.3. The summed E-state index contributed by atoms with van der Waals surface area (Å²) in [6.45, 7) is 10.7. The number of hydrogen-bond donors (Lipinski definition) is 0. The van der Waals surface area contributed by atoms with Gasteiger partial charge in [-0.15, -0.1) is 0 Å². The molecule has 130 valence electrons. The third kappa shape index (κ3) is 2.85. The predicted octanol–water partition coefficient (Wildman–Crippen LogP) is 6.54. The Hall–Kier alpha value is -1.86. The molecule has 0 aromatic heterocycles. The molecule has 1 heteroatoms. The maximum atomic E-state index is 2.75. The lowest BCUT2D eigenvalue weighted by molar-refractivity contribution is -0.0334. The van der Waals surface area contributed by atoms with Gasteiger partial charge in [0.1, 0.15) is 0 Å². The van der Waals surface area contributed by atoms with Gasteiger partial charge < -0.3 is 0 Å².